The second-order valence-corrected chi connectivity index (χ2v) is 7.67. The first kappa shape index (κ1) is 20.8. The van der Waals surface area contributed by atoms with Gasteiger partial charge in [0.25, 0.3) is 0 Å². The van der Waals surface area contributed by atoms with Crippen molar-refractivity contribution in [3.05, 3.63) is 78.1 Å². The molecule has 1 atom stereocenters. The Hall–Kier alpha value is -4.12. The molecule has 1 aliphatic heterocycles. The van der Waals surface area contributed by atoms with Gasteiger partial charge in [-0.1, -0.05) is 29.5 Å². The highest BCUT2D eigenvalue weighted by Crippen LogP contribution is 2.29. The maximum absolute atomic E-state index is 14.9. The average Bonchev–Trinajstić information content (AvgIpc) is 3.58. The Morgan fingerprint density at radius 3 is 2.79 bits per heavy atom. The number of aromatic amines is 1. The summed E-state index contributed by atoms with van der Waals surface area (Å²) in [7, 11) is 0. The molecule has 0 unspecified atom stereocenters. The summed E-state index contributed by atoms with van der Waals surface area (Å²) in [6.45, 7) is 1.96. The molecule has 0 aliphatic carbocycles. The summed E-state index contributed by atoms with van der Waals surface area (Å²) in [5.41, 5.74) is 3.58. The quantitative estimate of drug-likeness (QED) is 0.426. The fourth-order valence-corrected chi connectivity index (χ4v) is 3.72. The second kappa shape index (κ2) is 9.17. The Labute approximate surface area is 188 Å². The van der Waals surface area contributed by atoms with Gasteiger partial charge in [-0.25, -0.2) is 13.9 Å². The molecule has 10 nitrogen and oxygen atoms in total. The molecule has 5 rings (SSSR count). The number of anilines is 1. The molecule has 1 saturated heterocycles. The molecule has 0 saturated carbocycles. The van der Waals surface area contributed by atoms with Gasteiger partial charge in [0, 0.05) is 24.8 Å². The minimum atomic E-state index is -0.505. The highest BCUT2D eigenvalue weighted by atomic mass is 19.1. The van der Waals surface area contributed by atoms with E-state index in [0.717, 1.165) is 16.8 Å². The van der Waals surface area contributed by atoms with Crippen molar-refractivity contribution < 1.29 is 13.9 Å². The van der Waals surface area contributed by atoms with Crippen LogP contribution in [-0.2, 0) is 24.4 Å². The minimum absolute atomic E-state index is 0.313. The van der Waals surface area contributed by atoms with Crippen LogP contribution in [0.3, 0.4) is 0 Å². The Kier molecular flexibility index (Phi) is 5.77. The molecule has 0 radical (unpaired) electrons. The summed E-state index contributed by atoms with van der Waals surface area (Å²) in [4.78, 5) is 13.7. The van der Waals surface area contributed by atoms with Crippen LogP contribution in [0.2, 0.25) is 0 Å². The van der Waals surface area contributed by atoms with Gasteiger partial charge >= 0.3 is 6.09 Å². The molecular weight excluding hydrogens is 427 g/mol. The van der Waals surface area contributed by atoms with Gasteiger partial charge in [-0.05, 0) is 29.3 Å². The van der Waals surface area contributed by atoms with Crippen molar-refractivity contribution in [2.24, 2.45) is 0 Å². The summed E-state index contributed by atoms with van der Waals surface area (Å²) in [6, 6.07) is 12.4. The summed E-state index contributed by atoms with van der Waals surface area (Å²) in [5.74, 6) is -0.406. The number of amides is 1. The van der Waals surface area contributed by atoms with Gasteiger partial charge < -0.3 is 10.1 Å². The number of hydrogen-bond donors (Lipinski definition) is 2. The van der Waals surface area contributed by atoms with E-state index >= 15 is 0 Å². The van der Waals surface area contributed by atoms with Crippen molar-refractivity contribution in [2.75, 3.05) is 11.4 Å². The predicted molar refractivity (Wildman–Crippen MR) is 116 cm³/mol. The number of carbonyl (C=O) groups excluding carboxylic acids is 1. The van der Waals surface area contributed by atoms with Gasteiger partial charge in [-0.2, -0.15) is 15.4 Å². The van der Waals surface area contributed by atoms with E-state index in [2.05, 4.69) is 31.0 Å². The largest absolute Gasteiger partial charge is 0.442 e. The van der Waals surface area contributed by atoms with Crippen LogP contribution in [0.25, 0.3) is 11.1 Å². The smallest absolute Gasteiger partial charge is 0.414 e. The van der Waals surface area contributed by atoms with Gasteiger partial charge in [-0.15, -0.1) is 5.10 Å². The number of hydrogen-bond acceptors (Lipinski definition) is 7. The van der Waals surface area contributed by atoms with E-state index in [-0.39, 0.29) is 6.10 Å². The molecule has 4 aromatic rings. The number of nitrogens with zero attached hydrogens (tertiary/aromatic N) is 6. The summed E-state index contributed by atoms with van der Waals surface area (Å²) in [6.07, 6.45) is 4.04. The van der Waals surface area contributed by atoms with Crippen LogP contribution in [0.15, 0.2) is 61.1 Å². The number of carbonyl (C=O) groups is 1. The van der Waals surface area contributed by atoms with Crippen LogP contribution in [0.4, 0.5) is 14.9 Å². The molecule has 0 bridgehead atoms. The van der Waals surface area contributed by atoms with E-state index in [1.807, 2.05) is 24.3 Å². The zero-order chi connectivity index (χ0) is 22.6. The van der Waals surface area contributed by atoms with Crippen LogP contribution in [0.5, 0.6) is 0 Å². The van der Waals surface area contributed by atoms with Gasteiger partial charge in [0.2, 0.25) is 0 Å². The molecule has 11 heteroatoms. The maximum Gasteiger partial charge on any atom is 0.414 e. The Balaban J connectivity index is 1.22. The summed E-state index contributed by atoms with van der Waals surface area (Å²) in [5, 5.41) is 21.2. The number of nitrogens with one attached hydrogen (secondary N) is 2. The summed E-state index contributed by atoms with van der Waals surface area (Å²) >= 11 is 0. The molecule has 2 aromatic heterocycles. The lowest BCUT2D eigenvalue weighted by molar-refractivity contribution is 0.129. The lowest BCUT2D eigenvalue weighted by atomic mass is 10.0. The topological polar surface area (TPSA) is 114 Å². The van der Waals surface area contributed by atoms with Gasteiger partial charge in [-0.3, -0.25) is 4.90 Å². The average molecular weight is 448 g/mol. The van der Waals surface area contributed by atoms with E-state index in [1.54, 1.807) is 35.4 Å². The fraction of sp³-hybridized carbons (Fsp3) is 0.227. The molecule has 168 valence electrons. The van der Waals surface area contributed by atoms with Gasteiger partial charge in [0.15, 0.2) is 0 Å². The van der Waals surface area contributed by atoms with Crippen molar-refractivity contribution in [1.29, 1.82) is 0 Å². The van der Waals surface area contributed by atoms with Crippen LogP contribution >= 0.6 is 0 Å². The second-order valence-electron chi connectivity index (χ2n) is 7.67. The normalized spacial score (nSPS) is 15.7. The number of cyclic esters (lactones) is 1. The third-order valence-electron chi connectivity index (χ3n) is 5.37. The van der Waals surface area contributed by atoms with E-state index < -0.39 is 11.9 Å². The molecule has 1 aliphatic rings. The fourth-order valence-electron chi connectivity index (χ4n) is 3.72. The molecule has 0 spiro atoms. The van der Waals surface area contributed by atoms with E-state index in [9.17, 15) is 9.18 Å². The third kappa shape index (κ3) is 4.72. The summed E-state index contributed by atoms with van der Waals surface area (Å²) < 4.78 is 21.9. The van der Waals surface area contributed by atoms with Gasteiger partial charge in [0.05, 0.1) is 36.9 Å². The number of aromatic nitrogens is 6. The van der Waals surface area contributed by atoms with Crippen molar-refractivity contribution in [1.82, 2.24) is 35.7 Å². The molecule has 33 heavy (non-hydrogen) atoms. The number of halogens is 1. The van der Waals surface area contributed by atoms with Crippen LogP contribution in [0, 0.1) is 5.82 Å². The molecule has 2 N–H and O–H groups in total. The molecule has 1 amide bonds. The SMILES string of the molecule is O=C1O[C@@H](Cn2ccnn2)CN1c1ccc(-c2ccc(CNCc3cn[nH]n3)cc2)c(F)c1. The van der Waals surface area contributed by atoms with Crippen LogP contribution in [0.1, 0.15) is 11.3 Å². The molecule has 3 heterocycles. The maximum atomic E-state index is 14.9. The van der Waals surface area contributed by atoms with Crippen molar-refractivity contribution in [2.45, 2.75) is 25.7 Å². The van der Waals surface area contributed by atoms with E-state index in [0.29, 0.717) is 37.4 Å². The van der Waals surface area contributed by atoms with Crippen LogP contribution in [-0.4, -0.2) is 49.1 Å². The third-order valence-corrected chi connectivity index (χ3v) is 5.37. The molecule has 1 fully saturated rings. The minimum Gasteiger partial charge on any atom is -0.442 e. The highest BCUT2D eigenvalue weighted by Gasteiger charge is 2.33. The number of ether oxygens (including phenoxy) is 1. The standard InChI is InChI=1S/C22H21FN8O2/c23-21-9-18(31-14-19(33-22(31)32)13-30-8-7-25-29-30)5-6-20(21)16-3-1-15(2-4-16)10-24-11-17-12-26-28-27-17/h1-9,12,19,24H,10-11,13-14H2,(H,26,27,28)/t19-/m0/s1. The predicted octanol–water partition coefficient (Wildman–Crippen LogP) is 2.52. The van der Waals surface area contributed by atoms with Gasteiger partial charge in [0.1, 0.15) is 11.9 Å². The molecule has 2 aromatic carbocycles. The van der Waals surface area contributed by atoms with Crippen molar-refractivity contribution in [3.8, 4) is 11.1 Å². The lowest BCUT2D eigenvalue weighted by Crippen LogP contribution is -2.26. The highest BCUT2D eigenvalue weighted by molar-refractivity contribution is 5.90. The zero-order valence-electron chi connectivity index (χ0n) is 17.6. The van der Waals surface area contributed by atoms with E-state index in [4.69, 9.17) is 4.74 Å². The van der Waals surface area contributed by atoms with Crippen LogP contribution < -0.4 is 10.2 Å². The van der Waals surface area contributed by atoms with E-state index in [1.165, 1.54) is 11.0 Å². The van der Waals surface area contributed by atoms with Crippen molar-refractivity contribution in [3.63, 3.8) is 0 Å². The zero-order valence-corrected chi connectivity index (χ0v) is 17.6. The Bertz CT molecular complexity index is 1210. The first-order valence-corrected chi connectivity index (χ1v) is 10.4. The number of benzene rings is 2. The Morgan fingerprint density at radius 1 is 1.18 bits per heavy atom. The number of rotatable bonds is 8. The first-order valence-electron chi connectivity index (χ1n) is 10.4. The Morgan fingerprint density at radius 2 is 2.06 bits per heavy atom. The first-order chi connectivity index (χ1) is 16.2. The monoisotopic (exact) mass is 448 g/mol. The number of H-pyrrole nitrogens is 1. The van der Waals surface area contributed by atoms with Crippen molar-refractivity contribution >= 4 is 11.8 Å². The lowest BCUT2D eigenvalue weighted by Gasteiger charge is -2.14. The molecular formula is C22H21FN8O2.